The van der Waals surface area contributed by atoms with Gasteiger partial charge in [0.15, 0.2) is 5.58 Å². The number of oxazole rings is 1. The van der Waals surface area contributed by atoms with E-state index in [-0.39, 0.29) is 5.76 Å². The van der Waals surface area contributed by atoms with Crippen LogP contribution < -0.4 is 5.76 Å². The zero-order valence-electron chi connectivity index (χ0n) is 10.4. The number of nitrogens with zero attached hydrogens (tertiary/aromatic N) is 1. The second kappa shape index (κ2) is 4.57. The van der Waals surface area contributed by atoms with E-state index in [1.165, 1.54) is 24.8 Å². The quantitative estimate of drug-likeness (QED) is 0.807. The number of halogens is 1. The second-order valence-electron chi connectivity index (χ2n) is 4.93. The van der Waals surface area contributed by atoms with E-state index in [1.54, 1.807) is 4.57 Å². The molecule has 1 aromatic heterocycles. The van der Waals surface area contributed by atoms with Crippen molar-refractivity contribution in [2.24, 2.45) is 5.92 Å². The molecular formula is C14H16BrNO2. The van der Waals surface area contributed by atoms with Crippen LogP contribution >= 0.6 is 15.9 Å². The van der Waals surface area contributed by atoms with Crippen molar-refractivity contribution in [2.75, 3.05) is 0 Å². The Morgan fingerprint density at radius 2 is 2.28 bits per heavy atom. The van der Waals surface area contributed by atoms with Gasteiger partial charge in [0.1, 0.15) is 0 Å². The first-order valence-electron chi connectivity index (χ1n) is 6.48. The minimum Gasteiger partial charge on any atom is -0.408 e. The van der Waals surface area contributed by atoms with Crippen LogP contribution in [0.3, 0.4) is 0 Å². The summed E-state index contributed by atoms with van der Waals surface area (Å²) < 4.78 is 6.96. The summed E-state index contributed by atoms with van der Waals surface area (Å²) >= 11 is 3.76. The molecule has 3 rings (SSSR count). The minimum absolute atomic E-state index is 0.264. The molecule has 3 nitrogen and oxygen atoms in total. The standard InChI is InChI=1S/C14H16BrNO2/c1-2-16-11-7-6-10(8-12(11)18-14(16)17)13(15)9-4-3-5-9/h6-9,13H,2-5H2,1H3. The van der Waals surface area contributed by atoms with Crippen LogP contribution in [0.25, 0.3) is 11.1 Å². The zero-order chi connectivity index (χ0) is 12.7. The third-order valence-electron chi connectivity index (χ3n) is 3.89. The van der Waals surface area contributed by atoms with E-state index >= 15 is 0 Å². The van der Waals surface area contributed by atoms with Gasteiger partial charge < -0.3 is 4.42 Å². The predicted molar refractivity (Wildman–Crippen MR) is 75.2 cm³/mol. The van der Waals surface area contributed by atoms with E-state index in [4.69, 9.17) is 4.42 Å². The number of benzene rings is 1. The summed E-state index contributed by atoms with van der Waals surface area (Å²) in [4.78, 5) is 12.0. The fourth-order valence-electron chi connectivity index (χ4n) is 2.56. The molecule has 0 spiro atoms. The van der Waals surface area contributed by atoms with Crippen molar-refractivity contribution in [3.05, 3.63) is 34.3 Å². The van der Waals surface area contributed by atoms with Gasteiger partial charge in [0.25, 0.3) is 0 Å². The molecule has 2 aromatic rings. The van der Waals surface area contributed by atoms with Gasteiger partial charge in [0, 0.05) is 11.4 Å². The van der Waals surface area contributed by atoms with Crippen LogP contribution in [0, 0.1) is 5.92 Å². The summed E-state index contributed by atoms with van der Waals surface area (Å²) in [5, 5.41) is 0. The van der Waals surface area contributed by atoms with Crippen molar-refractivity contribution in [1.82, 2.24) is 4.57 Å². The van der Waals surface area contributed by atoms with Gasteiger partial charge in [0.05, 0.1) is 5.52 Å². The van der Waals surface area contributed by atoms with Crippen LogP contribution in [-0.2, 0) is 6.54 Å². The number of fused-ring (bicyclic) bond motifs is 1. The monoisotopic (exact) mass is 309 g/mol. The Kier molecular flexibility index (Phi) is 3.06. The van der Waals surface area contributed by atoms with Crippen LogP contribution in [-0.4, -0.2) is 4.57 Å². The van der Waals surface area contributed by atoms with E-state index in [0.717, 1.165) is 11.4 Å². The van der Waals surface area contributed by atoms with Gasteiger partial charge >= 0.3 is 5.76 Å². The van der Waals surface area contributed by atoms with Crippen molar-refractivity contribution >= 4 is 27.0 Å². The maximum atomic E-state index is 11.6. The molecule has 96 valence electrons. The Hall–Kier alpha value is -1.03. The molecule has 0 aliphatic heterocycles. The van der Waals surface area contributed by atoms with E-state index in [9.17, 15) is 4.79 Å². The van der Waals surface area contributed by atoms with Gasteiger partial charge in [-0.3, -0.25) is 4.57 Å². The van der Waals surface area contributed by atoms with E-state index in [2.05, 4.69) is 22.0 Å². The third-order valence-corrected chi connectivity index (χ3v) is 5.17. The summed E-state index contributed by atoms with van der Waals surface area (Å²) in [7, 11) is 0. The van der Waals surface area contributed by atoms with Crippen molar-refractivity contribution < 1.29 is 4.42 Å². The average Bonchev–Trinajstić information content (AvgIpc) is 2.60. The maximum Gasteiger partial charge on any atom is 0.419 e. The molecule has 18 heavy (non-hydrogen) atoms. The first kappa shape index (κ1) is 12.0. The van der Waals surface area contributed by atoms with Gasteiger partial charge in [-0.25, -0.2) is 4.79 Å². The molecule has 1 saturated carbocycles. The molecule has 1 aromatic carbocycles. The summed E-state index contributed by atoms with van der Waals surface area (Å²) in [6, 6.07) is 6.09. The summed E-state index contributed by atoms with van der Waals surface area (Å²) in [6.07, 6.45) is 3.90. The number of rotatable bonds is 3. The lowest BCUT2D eigenvalue weighted by atomic mass is 9.81. The number of alkyl halides is 1. The Bertz CT molecular complexity index is 624. The molecule has 0 amide bonds. The first-order valence-corrected chi connectivity index (χ1v) is 7.39. The highest BCUT2D eigenvalue weighted by molar-refractivity contribution is 9.09. The molecule has 1 unspecified atom stereocenters. The van der Waals surface area contributed by atoms with E-state index < -0.39 is 0 Å². The molecule has 0 saturated heterocycles. The maximum absolute atomic E-state index is 11.6. The van der Waals surface area contributed by atoms with Gasteiger partial charge in [0.2, 0.25) is 0 Å². The topological polar surface area (TPSA) is 35.1 Å². The minimum atomic E-state index is -0.264. The van der Waals surface area contributed by atoms with Crippen molar-refractivity contribution in [3.63, 3.8) is 0 Å². The Morgan fingerprint density at radius 3 is 2.89 bits per heavy atom. The van der Waals surface area contributed by atoms with Crippen LogP contribution in [0.15, 0.2) is 27.4 Å². The largest absolute Gasteiger partial charge is 0.419 e. The van der Waals surface area contributed by atoms with Gasteiger partial charge in [-0.05, 0) is 43.4 Å². The van der Waals surface area contributed by atoms with Crippen LogP contribution in [0.1, 0.15) is 36.6 Å². The highest BCUT2D eigenvalue weighted by Gasteiger charge is 2.26. The number of hydrogen-bond donors (Lipinski definition) is 0. The first-order chi connectivity index (χ1) is 8.70. The highest BCUT2D eigenvalue weighted by Crippen LogP contribution is 2.43. The summed E-state index contributed by atoms with van der Waals surface area (Å²) in [5.41, 5.74) is 2.80. The molecular weight excluding hydrogens is 294 g/mol. The predicted octanol–water partition coefficient (Wildman–Crippen LogP) is 3.85. The van der Waals surface area contributed by atoms with E-state index in [1.807, 2.05) is 19.1 Å². The van der Waals surface area contributed by atoms with E-state index in [0.29, 0.717) is 17.0 Å². The molecule has 1 atom stereocenters. The lowest BCUT2D eigenvalue weighted by Crippen LogP contribution is -2.16. The smallest absolute Gasteiger partial charge is 0.408 e. The summed E-state index contributed by atoms with van der Waals surface area (Å²) in [5.74, 6) is 0.460. The molecule has 1 heterocycles. The fourth-order valence-corrected chi connectivity index (χ4v) is 3.37. The molecule has 0 radical (unpaired) electrons. The second-order valence-corrected chi connectivity index (χ2v) is 5.92. The van der Waals surface area contributed by atoms with Crippen LogP contribution in [0.5, 0.6) is 0 Å². The molecule has 4 heteroatoms. The third kappa shape index (κ3) is 1.83. The van der Waals surface area contributed by atoms with Crippen molar-refractivity contribution in [2.45, 2.75) is 37.6 Å². The Labute approximate surface area is 114 Å². The normalized spacial score (nSPS) is 17.9. The lowest BCUT2D eigenvalue weighted by molar-refractivity contribution is 0.312. The van der Waals surface area contributed by atoms with Crippen LogP contribution in [0.2, 0.25) is 0 Å². The SMILES string of the molecule is CCn1c(=O)oc2cc(C(Br)C3CCC3)ccc21. The molecule has 1 aliphatic carbocycles. The molecule has 1 aliphatic rings. The number of aromatic nitrogens is 1. The molecule has 1 fully saturated rings. The summed E-state index contributed by atoms with van der Waals surface area (Å²) in [6.45, 7) is 2.59. The Morgan fingerprint density at radius 1 is 1.50 bits per heavy atom. The van der Waals surface area contributed by atoms with Crippen LogP contribution in [0.4, 0.5) is 0 Å². The number of hydrogen-bond acceptors (Lipinski definition) is 2. The average molecular weight is 310 g/mol. The fraction of sp³-hybridized carbons (Fsp3) is 0.500. The number of aryl methyl sites for hydroxylation is 1. The zero-order valence-corrected chi connectivity index (χ0v) is 11.9. The lowest BCUT2D eigenvalue weighted by Gasteiger charge is -2.30. The van der Waals surface area contributed by atoms with Gasteiger partial charge in [-0.15, -0.1) is 0 Å². The van der Waals surface area contributed by atoms with Crippen molar-refractivity contribution in [3.8, 4) is 0 Å². The highest BCUT2D eigenvalue weighted by atomic mass is 79.9. The Balaban J connectivity index is 2.03. The molecule has 0 N–H and O–H groups in total. The van der Waals surface area contributed by atoms with Gasteiger partial charge in [-0.1, -0.05) is 28.4 Å². The van der Waals surface area contributed by atoms with Crippen molar-refractivity contribution in [1.29, 1.82) is 0 Å². The van der Waals surface area contributed by atoms with Gasteiger partial charge in [-0.2, -0.15) is 0 Å². The molecule has 0 bridgehead atoms.